The summed E-state index contributed by atoms with van der Waals surface area (Å²) < 4.78 is 9.80. The zero-order chi connectivity index (χ0) is 9.97. The van der Waals surface area contributed by atoms with Gasteiger partial charge in [-0.2, -0.15) is 4.37 Å². The van der Waals surface area contributed by atoms with Crippen LogP contribution in [0, 0.1) is 0 Å². The van der Waals surface area contributed by atoms with Crippen molar-refractivity contribution >= 4 is 27.5 Å². The summed E-state index contributed by atoms with van der Waals surface area (Å²) in [6.07, 6.45) is 3.36. The lowest BCUT2D eigenvalue weighted by atomic mass is 10.2. The fraction of sp³-hybridized carbons (Fsp3) is 0.125. The molecule has 2 rings (SSSR count). The minimum absolute atomic E-state index is 0.594. The van der Waals surface area contributed by atoms with Gasteiger partial charge in [0.05, 0.1) is 18.9 Å². The van der Waals surface area contributed by atoms with Gasteiger partial charge in [0.2, 0.25) is 4.73 Å². The lowest BCUT2D eigenvalue weighted by molar-refractivity contribution is 0.414. The Hall–Kier alpha value is -1.01. The van der Waals surface area contributed by atoms with Crippen LogP contribution in [0.4, 0.5) is 0 Å². The van der Waals surface area contributed by atoms with Crippen molar-refractivity contribution in [1.29, 1.82) is 0 Å². The second-order valence-corrected chi connectivity index (χ2v) is 3.91. The lowest BCUT2D eigenvalue weighted by Crippen LogP contribution is -1.88. The second kappa shape index (κ2) is 4.02. The topological polar surface area (TPSA) is 47.9 Å². The average molecular weight is 272 g/mol. The van der Waals surface area contributed by atoms with Crippen molar-refractivity contribution in [2.75, 3.05) is 7.11 Å². The van der Waals surface area contributed by atoms with Gasteiger partial charge >= 0.3 is 0 Å². The molecule has 0 aromatic carbocycles. The summed E-state index contributed by atoms with van der Waals surface area (Å²) in [7, 11) is 1.61. The van der Waals surface area contributed by atoms with E-state index in [9.17, 15) is 0 Å². The molecule has 6 heteroatoms. The molecule has 4 nitrogen and oxygen atoms in total. The highest BCUT2D eigenvalue weighted by molar-refractivity contribution is 9.10. The van der Waals surface area contributed by atoms with E-state index in [2.05, 4.69) is 30.3 Å². The molecule has 0 radical (unpaired) electrons. The van der Waals surface area contributed by atoms with E-state index in [-0.39, 0.29) is 0 Å². The SMILES string of the molecule is COc1cnccc1-c1nc(Br)ns1. The van der Waals surface area contributed by atoms with Crippen molar-refractivity contribution < 1.29 is 4.74 Å². The third-order valence-corrected chi connectivity index (χ3v) is 2.97. The quantitative estimate of drug-likeness (QED) is 0.842. The Morgan fingerprint density at radius 1 is 1.50 bits per heavy atom. The Balaban J connectivity index is 2.50. The highest BCUT2D eigenvalue weighted by Crippen LogP contribution is 2.30. The van der Waals surface area contributed by atoms with Crippen LogP contribution in [-0.2, 0) is 0 Å². The molecule has 14 heavy (non-hydrogen) atoms. The molecule has 0 spiro atoms. The number of rotatable bonds is 2. The van der Waals surface area contributed by atoms with Crippen molar-refractivity contribution in [3.63, 3.8) is 0 Å². The molecule has 0 N–H and O–H groups in total. The fourth-order valence-corrected chi connectivity index (χ4v) is 2.14. The van der Waals surface area contributed by atoms with Gasteiger partial charge in [-0.15, -0.1) is 0 Å². The summed E-state index contributed by atoms with van der Waals surface area (Å²) >= 11 is 4.52. The number of halogens is 1. The maximum absolute atomic E-state index is 5.17. The van der Waals surface area contributed by atoms with Crippen molar-refractivity contribution in [2.45, 2.75) is 0 Å². The molecule has 0 amide bonds. The summed E-state index contributed by atoms with van der Waals surface area (Å²) in [5.41, 5.74) is 0.908. The van der Waals surface area contributed by atoms with Crippen LogP contribution in [0.25, 0.3) is 10.6 Å². The molecular weight excluding hydrogens is 266 g/mol. The number of hydrogen-bond donors (Lipinski definition) is 0. The first-order valence-corrected chi connectivity index (χ1v) is 5.35. The van der Waals surface area contributed by atoms with Gasteiger partial charge in [0, 0.05) is 6.20 Å². The van der Waals surface area contributed by atoms with Crippen molar-refractivity contribution in [1.82, 2.24) is 14.3 Å². The Morgan fingerprint density at radius 3 is 3.00 bits per heavy atom. The van der Waals surface area contributed by atoms with Crippen LogP contribution in [0.1, 0.15) is 0 Å². The Bertz CT molecular complexity index is 446. The minimum atomic E-state index is 0.594. The van der Waals surface area contributed by atoms with Crippen LogP contribution >= 0.6 is 27.5 Å². The highest BCUT2D eigenvalue weighted by Gasteiger charge is 2.09. The summed E-state index contributed by atoms with van der Waals surface area (Å²) in [5, 5.41) is 0.816. The Morgan fingerprint density at radius 2 is 2.36 bits per heavy atom. The first-order valence-electron chi connectivity index (χ1n) is 3.79. The molecule has 0 aliphatic rings. The molecule has 2 aromatic heterocycles. The molecule has 0 saturated carbocycles. The van der Waals surface area contributed by atoms with Crippen molar-refractivity contribution in [2.24, 2.45) is 0 Å². The number of pyridine rings is 1. The smallest absolute Gasteiger partial charge is 0.209 e. The normalized spacial score (nSPS) is 10.1. The molecule has 0 bridgehead atoms. The van der Waals surface area contributed by atoms with Gasteiger partial charge in [-0.1, -0.05) is 0 Å². The number of aromatic nitrogens is 3. The van der Waals surface area contributed by atoms with E-state index >= 15 is 0 Å². The molecule has 0 aliphatic carbocycles. The van der Waals surface area contributed by atoms with E-state index in [0.29, 0.717) is 10.5 Å². The van der Waals surface area contributed by atoms with E-state index in [1.54, 1.807) is 19.5 Å². The van der Waals surface area contributed by atoms with Gasteiger partial charge in [-0.05, 0) is 33.5 Å². The molecular formula is C8H6BrN3OS. The van der Waals surface area contributed by atoms with Gasteiger partial charge < -0.3 is 4.74 Å². The summed E-state index contributed by atoms with van der Waals surface area (Å²) in [5.74, 6) is 0.705. The van der Waals surface area contributed by atoms with Crippen LogP contribution in [0.3, 0.4) is 0 Å². The van der Waals surface area contributed by atoms with Gasteiger partial charge in [-0.3, -0.25) is 4.98 Å². The van der Waals surface area contributed by atoms with E-state index in [1.807, 2.05) is 6.07 Å². The standard InChI is InChI=1S/C8H6BrN3OS/c1-13-6-4-10-3-2-5(6)7-11-8(9)12-14-7/h2-4H,1H3. The van der Waals surface area contributed by atoms with E-state index in [0.717, 1.165) is 10.6 Å². The maximum Gasteiger partial charge on any atom is 0.209 e. The molecule has 0 atom stereocenters. The molecule has 0 unspecified atom stereocenters. The highest BCUT2D eigenvalue weighted by atomic mass is 79.9. The largest absolute Gasteiger partial charge is 0.494 e. The van der Waals surface area contributed by atoms with Crippen LogP contribution in [0.15, 0.2) is 23.2 Å². The number of hydrogen-bond acceptors (Lipinski definition) is 5. The third-order valence-electron chi connectivity index (χ3n) is 1.64. The first kappa shape index (κ1) is 9.54. The molecule has 0 fully saturated rings. The second-order valence-electron chi connectivity index (χ2n) is 2.44. The van der Waals surface area contributed by atoms with Gasteiger partial charge in [0.15, 0.2) is 0 Å². The molecule has 2 heterocycles. The molecule has 72 valence electrons. The number of nitrogens with zero attached hydrogens (tertiary/aromatic N) is 3. The number of methoxy groups -OCH3 is 1. The van der Waals surface area contributed by atoms with Gasteiger partial charge in [-0.25, -0.2) is 4.98 Å². The van der Waals surface area contributed by atoms with E-state index in [1.165, 1.54) is 11.5 Å². The van der Waals surface area contributed by atoms with Gasteiger partial charge in [0.25, 0.3) is 0 Å². The zero-order valence-electron chi connectivity index (χ0n) is 7.27. The Labute approximate surface area is 93.3 Å². The maximum atomic E-state index is 5.17. The fourth-order valence-electron chi connectivity index (χ4n) is 1.03. The van der Waals surface area contributed by atoms with E-state index < -0.39 is 0 Å². The summed E-state index contributed by atoms with van der Waals surface area (Å²) in [4.78, 5) is 8.17. The van der Waals surface area contributed by atoms with Crippen LogP contribution in [0.2, 0.25) is 0 Å². The average Bonchev–Trinajstić information content (AvgIpc) is 2.65. The monoisotopic (exact) mass is 271 g/mol. The minimum Gasteiger partial charge on any atom is -0.494 e. The summed E-state index contributed by atoms with van der Waals surface area (Å²) in [6.45, 7) is 0. The predicted molar refractivity (Wildman–Crippen MR) is 57.4 cm³/mol. The van der Waals surface area contributed by atoms with Crippen molar-refractivity contribution in [3.05, 3.63) is 23.2 Å². The van der Waals surface area contributed by atoms with E-state index in [4.69, 9.17) is 4.74 Å². The van der Waals surface area contributed by atoms with Crippen LogP contribution in [-0.4, -0.2) is 21.5 Å². The zero-order valence-corrected chi connectivity index (χ0v) is 9.67. The Kier molecular flexibility index (Phi) is 2.74. The predicted octanol–water partition coefficient (Wildman–Crippen LogP) is 2.37. The first-order chi connectivity index (χ1) is 6.81. The molecule has 0 saturated heterocycles. The van der Waals surface area contributed by atoms with Crippen LogP contribution < -0.4 is 4.74 Å². The van der Waals surface area contributed by atoms with Crippen molar-refractivity contribution in [3.8, 4) is 16.3 Å². The van der Waals surface area contributed by atoms with Crippen LogP contribution in [0.5, 0.6) is 5.75 Å². The number of ether oxygens (including phenoxy) is 1. The molecule has 0 aliphatic heterocycles. The third kappa shape index (κ3) is 1.76. The summed E-state index contributed by atoms with van der Waals surface area (Å²) in [6, 6.07) is 1.85. The lowest BCUT2D eigenvalue weighted by Gasteiger charge is -2.02. The molecule has 2 aromatic rings. The van der Waals surface area contributed by atoms with Gasteiger partial charge in [0.1, 0.15) is 10.8 Å².